The summed E-state index contributed by atoms with van der Waals surface area (Å²) >= 11 is 0. The van der Waals surface area contributed by atoms with Crippen LogP contribution < -0.4 is 33.0 Å². The molecule has 0 aliphatic rings. The molecule has 3 amide bonds. The molecule has 150 valence electrons. The summed E-state index contributed by atoms with van der Waals surface area (Å²) in [5.74, 6) is -0.978. The molecule has 1 aromatic rings. The lowest BCUT2D eigenvalue weighted by atomic mass is 10.5. The molecule has 1 rings (SSSR count). The maximum Gasteiger partial charge on any atom is 0.336 e. The van der Waals surface area contributed by atoms with Crippen LogP contribution in [0.3, 0.4) is 0 Å². The lowest BCUT2D eigenvalue weighted by molar-refractivity contribution is -0.119. The van der Waals surface area contributed by atoms with Gasteiger partial charge in [-0.15, -0.1) is 0 Å². The molecule has 0 saturated heterocycles. The van der Waals surface area contributed by atoms with Crippen molar-refractivity contribution in [3.05, 3.63) is 31.5 Å². The molecule has 0 radical (unpaired) electrons. The summed E-state index contributed by atoms with van der Waals surface area (Å²) in [6, 6.07) is 0. The number of carbonyl (C=O) groups excluding carboxylic acids is 3. The molecule has 0 unspecified atom stereocenters. The largest absolute Gasteiger partial charge is 0.355 e. The van der Waals surface area contributed by atoms with E-state index in [9.17, 15) is 28.8 Å². The Bertz CT molecular complexity index is 736. The van der Waals surface area contributed by atoms with E-state index < -0.39 is 17.1 Å². The van der Waals surface area contributed by atoms with Gasteiger partial charge in [-0.1, -0.05) is 0 Å². The fourth-order valence-corrected chi connectivity index (χ4v) is 2.29. The normalized spacial score (nSPS) is 10.3. The molecular weight excluding hydrogens is 360 g/mol. The summed E-state index contributed by atoms with van der Waals surface area (Å²) in [6.07, 6.45) is 0. The first-order valence-electron chi connectivity index (χ1n) is 8.33. The van der Waals surface area contributed by atoms with E-state index in [1.165, 1.54) is 20.8 Å². The van der Waals surface area contributed by atoms with E-state index in [-0.39, 0.29) is 57.0 Å². The molecule has 12 nitrogen and oxygen atoms in total. The fraction of sp³-hybridized carbons (Fsp3) is 0.600. The molecule has 1 aromatic heterocycles. The van der Waals surface area contributed by atoms with Crippen molar-refractivity contribution >= 4 is 17.7 Å². The maximum absolute atomic E-state index is 12.5. The van der Waals surface area contributed by atoms with E-state index in [0.29, 0.717) is 0 Å². The molecular formula is C15H24N6O6. The zero-order valence-electron chi connectivity index (χ0n) is 15.5. The lowest BCUT2D eigenvalue weighted by Crippen LogP contribution is -2.56. The van der Waals surface area contributed by atoms with Gasteiger partial charge in [0.1, 0.15) is 0 Å². The van der Waals surface area contributed by atoms with E-state index in [0.717, 1.165) is 13.7 Å². The first-order valence-corrected chi connectivity index (χ1v) is 8.33. The molecule has 0 atom stereocenters. The molecule has 27 heavy (non-hydrogen) atoms. The van der Waals surface area contributed by atoms with Gasteiger partial charge in [0.2, 0.25) is 17.7 Å². The second-order valence-electron chi connectivity index (χ2n) is 5.75. The number of rotatable bonds is 9. The summed E-state index contributed by atoms with van der Waals surface area (Å²) < 4.78 is 2.50. The highest BCUT2D eigenvalue weighted by atomic mass is 16.2. The number of carbonyl (C=O) groups is 3. The lowest BCUT2D eigenvalue weighted by Gasteiger charge is -2.14. The van der Waals surface area contributed by atoms with E-state index in [4.69, 9.17) is 0 Å². The van der Waals surface area contributed by atoms with Crippen LogP contribution in [0.15, 0.2) is 14.4 Å². The molecule has 0 aromatic carbocycles. The molecule has 0 aliphatic heterocycles. The topological polar surface area (TPSA) is 153 Å². The zero-order valence-corrected chi connectivity index (χ0v) is 15.5. The van der Waals surface area contributed by atoms with Gasteiger partial charge in [-0.2, -0.15) is 0 Å². The van der Waals surface area contributed by atoms with Gasteiger partial charge in [0, 0.05) is 60.0 Å². The number of hydrogen-bond acceptors (Lipinski definition) is 6. The van der Waals surface area contributed by atoms with Gasteiger partial charge in [-0.05, 0) is 0 Å². The van der Waals surface area contributed by atoms with E-state index in [2.05, 4.69) is 16.0 Å². The zero-order chi connectivity index (χ0) is 20.6. The molecule has 3 N–H and O–H groups in total. The van der Waals surface area contributed by atoms with Gasteiger partial charge < -0.3 is 16.0 Å². The summed E-state index contributed by atoms with van der Waals surface area (Å²) in [4.78, 5) is 70.5. The molecule has 0 fully saturated rings. The molecule has 12 heteroatoms. The number of hydrogen-bond donors (Lipinski definition) is 3. The van der Waals surface area contributed by atoms with Crippen molar-refractivity contribution in [1.29, 1.82) is 0 Å². The Kier molecular flexibility index (Phi) is 8.17. The summed E-state index contributed by atoms with van der Waals surface area (Å²) in [7, 11) is 0. The first-order chi connectivity index (χ1) is 12.6. The minimum absolute atomic E-state index is 0.0279. The van der Waals surface area contributed by atoms with Gasteiger partial charge in [0.05, 0.1) is 0 Å². The first kappa shape index (κ1) is 21.9. The molecule has 0 saturated carbocycles. The summed E-state index contributed by atoms with van der Waals surface area (Å²) in [5.41, 5.74) is -2.51. The van der Waals surface area contributed by atoms with E-state index >= 15 is 0 Å². The highest BCUT2D eigenvalue weighted by Gasteiger charge is 2.15. The standard InChI is InChI=1S/C15H24N6O6/c1-10(22)16-4-7-19-13(25)20(8-5-17-11(2)23)15(27)21(14(19)26)9-6-18-12(3)24/h4-9H2,1-3H3,(H,16,22)(H,17,23)(H,18,24). The monoisotopic (exact) mass is 384 g/mol. The Balaban J connectivity index is 3.25. The number of aromatic nitrogens is 3. The minimum Gasteiger partial charge on any atom is -0.355 e. The van der Waals surface area contributed by atoms with E-state index in [1.807, 2.05) is 0 Å². The van der Waals surface area contributed by atoms with Crippen molar-refractivity contribution in [1.82, 2.24) is 29.7 Å². The maximum atomic E-state index is 12.5. The van der Waals surface area contributed by atoms with Gasteiger partial charge in [0.15, 0.2) is 0 Å². The summed E-state index contributed by atoms with van der Waals surface area (Å²) in [5, 5.41) is 7.41. The van der Waals surface area contributed by atoms with Crippen molar-refractivity contribution < 1.29 is 14.4 Å². The third kappa shape index (κ3) is 6.56. The van der Waals surface area contributed by atoms with Crippen LogP contribution >= 0.6 is 0 Å². The Morgan fingerprint density at radius 2 is 0.815 bits per heavy atom. The molecule has 0 bridgehead atoms. The minimum atomic E-state index is -0.837. The van der Waals surface area contributed by atoms with Gasteiger partial charge in [0.25, 0.3) is 0 Å². The second kappa shape index (κ2) is 10.1. The van der Waals surface area contributed by atoms with Crippen molar-refractivity contribution in [3.8, 4) is 0 Å². The van der Waals surface area contributed by atoms with Gasteiger partial charge in [-0.3, -0.25) is 14.4 Å². The highest BCUT2D eigenvalue weighted by Crippen LogP contribution is 1.79. The van der Waals surface area contributed by atoms with Crippen LogP contribution in [0.25, 0.3) is 0 Å². The number of nitrogens with zero attached hydrogens (tertiary/aromatic N) is 3. The van der Waals surface area contributed by atoms with Crippen LogP contribution in [-0.2, 0) is 34.0 Å². The van der Waals surface area contributed by atoms with Crippen LogP contribution in [0.1, 0.15) is 20.8 Å². The van der Waals surface area contributed by atoms with E-state index in [1.54, 1.807) is 0 Å². The van der Waals surface area contributed by atoms with Crippen molar-refractivity contribution in [3.63, 3.8) is 0 Å². The Labute approximate surface area is 154 Å². The molecule has 0 aliphatic carbocycles. The Hall–Kier alpha value is -3.18. The van der Waals surface area contributed by atoms with Crippen LogP contribution in [0.5, 0.6) is 0 Å². The van der Waals surface area contributed by atoms with Crippen LogP contribution in [0, 0.1) is 0 Å². The fourth-order valence-electron chi connectivity index (χ4n) is 2.29. The van der Waals surface area contributed by atoms with Crippen LogP contribution in [0.4, 0.5) is 0 Å². The number of nitrogens with one attached hydrogen (secondary N) is 3. The van der Waals surface area contributed by atoms with Crippen LogP contribution in [0.2, 0.25) is 0 Å². The SMILES string of the molecule is CC(=O)NCCn1c(=O)n(CCNC(C)=O)c(=O)n(CCNC(C)=O)c1=O. The highest BCUT2D eigenvalue weighted by molar-refractivity contribution is 5.73. The average Bonchev–Trinajstić information content (AvgIpc) is 2.56. The van der Waals surface area contributed by atoms with Gasteiger partial charge in [-0.25, -0.2) is 28.1 Å². The predicted octanol–water partition coefficient (Wildman–Crippen LogP) is -3.42. The number of amides is 3. The Morgan fingerprint density at radius 3 is 1.00 bits per heavy atom. The third-order valence-corrected chi connectivity index (χ3v) is 3.51. The van der Waals surface area contributed by atoms with Crippen molar-refractivity contribution in [2.45, 2.75) is 40.4 Å². The molecule has 0 spiro atoms. The quantitative estimate of drug-likeness (QED) is 0.403. The van der Waals surface area contributed by atoms with Crippen molar-refractivity contribution in [2.75, 3.05) is 19.6 Å². The summed E-state index contributed by atoms with van der Waals surface area (Å²) in [6.45, 7) is 3.59. The smallest absolute Gasteiger partial charge is 0.336 e. The molecule has 1 heterocycles. The second-order valence-corrected chi connectivity index (χ2v) is 5.75. The van der Waals surface area contributed by atoms with Crippen molar-refractivity contribution in [2.24, 2.45) is 0 Å². The Morgan fingerprint density at radius 1 is 0.593 bits per heavy atom. The third-order valence-electron chi connectivity index (χ3n) is 3.51. The average molecular weight is 384 g/mol. The van der Waals surface area contributed by atoms with Crippen LogP contribution in [-0.4, -0.2) is 51.1 Å². The predicted molar refractivity (Wildman–Crippen MR) is 95.3 cm³/mol. The van der Waals surface area contributed by atoms with Gasteiger partial charge >= 0.3 is 17.1 Å².